The molecule has 0 aliphatic heterocycles. The van der Waals surface area contributed by atoms with E-state index in [9.17, 15) is 4.79 Å². The van der Waals surface area contributed by atoms with E-state index in [2.05, 4.69) is 15.6 Å². The van der Waals surface area contributed by atoms with E-state index in [1.54, 1.807) is 30.5 Å². The maximum absolute atomic E-state index is 12.0. The zero-order valence-corrected chi connectivity index (χ0v) is 12.3. The average molecular weight is 313 g/mol. The summed E-state index contributed by atoms with van der Waals surface area (Å²) >= 11 is 5.84. The highest BCUT2D eigenvalue weighted by Gasteiger charge is 2.09. The number of nitrogens with one attached hydrogen (secondary N) is 2. The Morgan fingerprint density at radius 2 is 2.18 bits per heavy atom. The number of nitriles is 1. The highest BCUT2D eigenvalue weighted by Crippen LogP contribution is 2.15. The summed E-state index contributed by atoms with van der Waals surface area (Å²) in [6.07, 6.45) is 3.05. The van der Waals surface area contributed by atoms with Gasteiger partial charge in [-0.3, -0.25) is 9.78 Å². The molecule has 0 saturated heterocycles. The number of aromatic nitrogens is 1. The van der Waals surface area contributed by atoms with Gasteiger partial charge in [-0.2, -0.15) is 5.26 Å². The Morgan fingerprint density at radius 1 is 1.32 bits per heavy atom. The number of anilines is 1. The van der Waals surface area contributed by atoms with Crippen molar-refractivity contribution in [2.45, 2.75) is 6.54 Å². The van der Waals surface area contributed by atoms with Crippen LogP contribution >= 0.6 is 11.6 Å². The van der Waals surface area contributed by atoms with E-state index in [1.165, 1.54) is 6.20 Å². The lowest BCUT2D eigenvalue weighted by Crippen LogP contribution is -2.16. The van der Waals surface area contributed by atoms with Gasteiger partial charge in [0, 0.05) is 23.1 Å². The minimum atomic E-state index is -0.502. The highest BCUT2D eigenvalue weighted by atomic mass is 35.5. The second-order valence-electron chi connectivity index (χ2n) is 4.34. The molecular weight excluding hydrogens is 300 g/mol. The Balaban J connectivity index is 1.97. The number of carbonyl (C=O) groups excluding carboxylic acids is 1. The Bertz CT molecular complexity index is 722. The molecule has 0 fully saturated rings. The molecule has 0 radical (unpaired) electrons. The fourth-order valence-electron chi connectivity index (χ4n) is 1.67. The zero-order chi connectivity index (χ0) is 15.8. The van der Waals surface area contributed by atoms with Gasteiger partial charge in [0.25, 0.3) is 5.91 Å². The van der Waals surface area contributed by atoms with E-state index in [0.717, 1.165) is 5.69 Å². The maximum Gasteiger partial charge on any atom is 0.267 e. The van der Waals surface area contributed by atoms with Crippen LogP contribution in [-0.2, 0) is 11.3 Å². The van der Waals surface area contributed by atoms with E-state index >= 15 is 0 Å². The quantitative estimate of drug-likeness (QED) is 0.657. The molecule has 0 atom stereocenters. The molecule has 110 valence electrons. The minimum absolute atomic E-state index is 0.0316. The summed E-state index contributed by atoms with van der Waals surface area (Å²) in [6, 6.07) is 14.1. The van der Waals surface area contributed by atoms with Crippen molar-refractivity contribution in [2.75, 3.05) is 5.32 Å². The van der Waals surface area contributed by atoms with Crippen LogP contribution in [0.15, 0.2) is 60.4 Å². The third-order valence-electron chi connectivity index (χ3n) is 2.70. The lowest BCUT2D eigenvalue weighted by Gasteiger charge is -2.05. The Hall–Kier alpha value is -2.84. The van der Waals surface area contributed by atoms with Gasteiger partial charge in [-0.15, -0.1) is 0 Å². The summed E-state index contributed by atoms with van der Waals surface area (Å²) in [5.74, 6) is -0.502. The number of nitrogens with zero attached hydrogens (tertiary/aromatic N) is 2. The molecule has 0 bridgehead atoms. The molecule has 2 N–H and O–H groups in total. The van der Waals surface area contributed by atoms with Crippen LogP contribution in [-0.4, -0.2) is 10.9 Å². The van der Waals surface area contributed by atoms with Crippen molar-refractivity contribution in [1.29, 1.82) is 5.26 Å². The molecule has 1 amide bonds. The second kappa shape index (κ2) is 7.81. The summed E-state index contributed by atoms with van der Waals surface area (Å²) in [5.41, 5.74) is 1.31. The molecule has 22 heavy (non-hydrogen) atoms. The number of halogens is 1. The first-order valence-electron chi connectivity index (χ1n) is 6.49. The Kier molecular flexibility index (Phi) is 5.52. The van der Waals surface area contributed by atoms with Crippen molar-refractivity contribution >= 4 is 23.2 Å². The molecule has 0 unspecified atom stereocenters. The number of benzene rings is 1. The van der Waals surface area contributed by atoms with E-state index in [1.807, 2.05) is 24.3 Å². The van der Waals surface area contributed by atoms with Gasteiger partial charge in [0.05, 0.1) is 12.2 Å². The summed E-state index contributed by atoms with van der Waals surface area (Å²) in [4.78, 5) is 16.1. The predicted octanol–water partition coefficient (Wildman–Crippen LogP) is 2.87. The van der Waals surface area contributed by atoms with Crippen LogP contribution in [0.5, 0.6) is 0 Å². The lowest BCUT2D eigenvalue weighted by molar-refractivity contribution is -0.112. The molecule has 2 rings (SSSR count). The maximum atomic E-state index is 12.0. The molecule has 1 heterocycles. The first-order valence-corrected chi connectivity index (χ1v) is 6.87. The summed E-state index contributed by atoms with van der Waals surface area (Å²) in [6.45, 7) is 0.427. The van der Waals surface area contributed by atoms with E-state index in [4.69, 9.17) is 16.9 Å². The molecule has 0 saturated carbocycles. The Labute approximate surface area is 133 Å². The molecule has 0 aliphatic rings. The summed E-state index contributed by atoms with van der Waals surface area (Å²) in [5, 5.41) is 15.1. The first-order chi connectivity index (χ1) is 10.7. The molecular formula is C16H13ClN4O. The van der Waals surface area contributed by atoms with Gasteiger partial charge in [-0.25, -0.2) is 0 Å². The van der Waals surface area contributed by atoms with Crippen LogP contribution in [0, 0.1) is 11.3 Å². The minimum Gasteiger partial charge on any atom is -0.384 e. The number of pyridine rings is 1. The fourth-order valence-corrected chi connectivity index (χ4v) is 1.86. The number of hydrogen-bond donors (Lipinski definition) is 2. The van der Waals surface area contributed by atoms with Crippen LogP contribution in [0.1, 0.15) is 5.69 Å². The monoisotopic (exact) mass is 312 g/mol. The van der Waals surface area contributed by atoms with Crippen molar-refractivity contribution in [3.05, 3.63) is 71.2 Å². The van der Waals surface area contributed by atoms with Crippen molar-refractivity contribution in [3.8, 4) is 6.07 Å². The van der Waals surface area contributed by atoms with Gasteiger partial charge in [0.1, 0.15) is 11.6 Å². The molecule has 6 heteroatoms. The normalized spacial score (nSPS) is 10.6. The zero-order valence-electron chi connectivity index (χ0n) is 11.6. The van der Waals surface area contributed by atoms with Crippen LogP contribution in [0.4, 0.5) is 5.69 Å². The van der Waals surface area contributed by atoms with E-state index in [-0.39, 0.29) is 5.57 Å². The van der Waals surface area contributed by atoms with Gasteiger partial charge in [-0.1, -0.05) is 23.7 Å². The van der Waals surface area contributed by atoms with Crippen molar-refractivity contribution in [1.82, 2.24) is 10.3 Å². The largest absolute Gasteiger partial charge is 0.384 e. The first kappa shape index (κ1) is 15.5. The van der Waals surface area contributed by atoms with Gasteiger partial charge in [0.15, 0.2) is 0 Å². The topological polar surface area (TPSA) is 77.8 Å². The second-order valence-corrected chi connectivity index (χ2v) is 4.77. The highest BCUT2D eigenvalue weighted by molar-refractivity contribution is 6.31. The predicted molar refractivity (Wildman–Crippen MR) is 84.9 cm³/mol. The van der Waals surface area contributed by atoms with Crippen molar-refractivity contribution in [2.24, 2.45) is 0 Å². The number of hydrogen-bond acceptors (Lipinski definition) is 4. The number of carbonyl (C=O) groups is 1. The number of rotatable bonds is 5. The molecule has 2 aromatic rings. The standard InChI is InChI=1S/C16H13ClN4O/c17-13-4-3-6-14(8-13)21-16(22)12(9-18)10-19-11-15-5-1-2-7-20-15/h1-8,10,19H,11H2,(H,21,22)/b12-10-. The Morgan fingerprint density at radius 3 is 2.86 bits per heavy atom. The van der Waals surface area contributed by atoms with Crippen molar-refractivity contribution in [3.63, 3.8) is 0 Å². The molecule has 1 aromatic carbocycles. The smallest absolute Gasteiger partial charge is 0.267 e. The molecule has 5 nitrogen and oxygen atoms in total. The fraction of sp³-hybridized carbons (Fsp3) is 0.0625. The van der Waals surface area contributed by atoms with Crippen molar-refractivity contribution < 1.29 is 4.79 Å². The average Bonchev–Trinajstić information content (AvgIpc) is 2.52. The summed E-state index contributed by atoms with van der Waals surface area (Å²) < 4.78 is 0. The SMILES string of the molecule is N#C/C(=C/NCc1ccccn1)C(=O)Nc1cccc(Cl)c1. The lowest BCUT2D eigenvalue weighted by atomic mass is 10.2. The van der Waals surface area contributed by atoms with Crippen LogP contribution in [0.3, 0.4) is 0 Å². The van der Waals surface area contributed by atoms with Crippen LogP contribution in [0.2, 0.25) is 5.02 Å². The summed E-state index contributed by atoms with van der Waals surface area (Å²) in [7, 11) is 0. The van der Waals surface area contributed by atoms with E-state index < -0.39 is 5.91 Å². The third-order valence-corrected chi connectivity index (χ3v) is 2.94. The van der Waals surface area contributed by atoms with Gasteiger partial charge in [-0.05, 0) is 30.3 Å². The molecule has 0 spiro atoms. The third kappa shape index (κ3) is 4.62. The van der Waals surface area contributed by atoms with Crippen LogP contribution < -0.4 is 10.6 Å². The molecule has 1 aromatic heterocycles. The van der Waals surface area contributed by atoms with Gasteiger partial charge in [0.2, 0.25) is 0 Å². The van der Waals surface area contributed by atoms with Gasteiger partial charge >= 0.3 is 0 Å². The molecule has 0 aliphatic carbocycles. The van der Waals surface area contributed by atoms with Gasteiger partial charge < -0.3 is 10.6 Å². The van der Waals surface area contributed by atoms with E-state index in [0.29, 0.717) is 17.3 Å². The number of amides is 1. The van der Waals surface area contributed by atoms with Crippen LogP contribution in [0.25, 0.3) is 0 Å².